The van der Waals surface area contributed by atoms with Crippen LogP contribution in [0.15, 0.2) is 47.4 Å². The lowest BCUT2D eigenvalue weighted by Gasteiger charge is -2.25. The lowest BCUT2D eigenvalue weighted by Crippen LogP contribution is -2.34. The van der Waals surface area contributed by atoms with Gasteiger partial charge in [-0.25, -0.2) is 0 Å². The number of likely N-dealkylation sites (tertiary alicyclic amines) is 1. The first kappa shape index (κ1) is 13.6. The lowest BCUT2D eigenvalue weighted by molar-refractivity contribution is 0.0734. The minimum absolute atomic E-state index is 0.0673. The number of amides is 1. The molecule has 1 atom stereocenters. The zero-order chi connectivity index (χ0) is 14.8. The molecule has 4 heteroatoms. The van der Waals surface area contributed by atoms with Crippen LogP contribution in [-0.2, 0) is 0 Å². The SMILES string of the molecule is Cc1ccc(C2CCCN2C(=O)c2ccc[nH]c2=O)cc1. The first-order chi connectivity index (χ1) is 10.2. The molecule has 1 N–H and O–H groups in total. The molecule has 0 spiro atoms. The van der Waals surface area contributed by atoms with E-state index in [2.05, 4.69) is 29.2 Å². The Balaban J connectivity index is 1.91. The number of H-pyrrole nitrogens is 1. The van der Waals surface area contributed by atoms with Gasteiger partial charge in [0, 0.05) is 12.7 Å². The Morgan fingerprint density at radius 1 is 1.24 bits per heavy atom. The molecule has 108 valence electrons. The summed E-state index contributed by atoms with van der Waals surface area (Å²) in [6.07, 6.45) is 3.45. The van der Waals surface area contributed by atoms with Gasteiger partial charge in [-0.3, -0.25) is 9.59 Å². The number of carbonyl (C=O) groups is 1. The van der Waals surface area contributed by atoms with Gasteiger partial charge in [0.25, 0.3) is 11.5 Å². The molecule has 21 heavy (non-hydrogen) atoms. The van der Waals surface area contributed by atoms with Crippen LogP contribution in [0.3, 0.4) is 0 Å². The van der Waals surface area contributed by atoms with E-state index in [0.29, 0.717) is 6.54 Å². The van der Waals surface area contributed by atoms with Crippen molar-refractivity contribution in [2.45, 2.75) is 25.8 Å². The number of hydrogen-bond donors (Lipinski definition) is 1. The van der Waals surface area contributed by atoms with Crippen LogP contribution >= 0.6 is 0 Å². The molecule has 1 amide bonds. The normalized spacial score (nSPS) is 18.0. The van der Waals surface area contributed by atoms with Gasteiger partial charge in [0.05, 0.1) is 6.04 Å². The van der Waals surface area contributed by atoms with Crippen LogP contribution < -0.4 is 5.56 Å². The number of pyridine rings is 1. The van der Waals surface area contributed by atoms with Gasteiger partial charge in [-0.15, -0.1) is 0 Å². The molecule has 1 aromatic carbocycles. The van der Waals surface area contributed by atoms with Gasteiger partial charge in [0.2, 0.25) is 0 Å². The molecule has 1 saturated heterocycles. The fraction of sp³-hybridized carbons (Fsp3) is 0.294. The highest BCUT2D eigenvalue weighted by Crippen LogP contribution is 2.32. The molecule has 1 fully saturated rings. The van der Waals surface area contributed by atoms with Gasteiger partial charge in [0.1, 0.15) is 5.56 Å². The molecular weight excluding hydrogens is 264 g/mol. The van der Waals surface area contributed by atoms with Crippen LogP contribution in [0.25, 0.3) is 0 Å². The van der Waals surface area contributed by atoms with Crippen LogP contribution in [0.2, 0.25) is 0 Å². The molecule has 3 rings (SSSR count). The summed E-state index contributed by atoms with van der Waals surface area (Å²) in [4.78, 5) is 28.8. The third kappa shape index (κ3) is 2.61. The average Bonchev–Trinajstić information content (AvgIpc) is 2.97. The van der Waals surface area contributed by atoms with Crippen molar-refractivity contribution in [3.63, 3.8) is 0 Å². The third-order valence-corrected chi connectivity index (χ3v) is 4.02. The Kier molecular flexibility index (Phi) is 3.60. The quantitative estimate of drug-likeness (QED) is 0.920. The van der Waals surface area contributed by atoms with Gasteiger partial charge in [-0.2, -0.15) is 0 Å². The minimum atomic E-state index is -0.322. The largest absolute Gasteiger partial charge is 0.331 e. The van der Waals surface area contributed by atoms with Crippen molar-refractivity contribution in [2.75, 3.05) is 6.54 Å². The van der Waals surface area contributed by atoms with Gasteiger partial charge in [-0.1, -0.05) is 29.8 Å². The van der Waals surface area contributed by atoms with Crippen molar-refractivity contribution in [3.05, 3.63) is 69.6 Å². The van der Waals surface area contributed by atoms with E-state index in [1.807, 2.05) is 11.8 Å². The van der Waals surface area contributed by atoms with Crippen molar-refractivity contribution < 1.29 is 4.79 Å². The fourth-order valence-corrected chi connectivity index (χ4v) is 2.89. The van der Waals surface area contributed by atoms with Crippen molar-refractivity contribution in [1.29, 1.82) is 0 Å². The summed E-state index contributed by atoms with van der Waals surface area (Å²) >= 11 is 0. The zero-order valence-electron chi connectivity index (χ0n) is 12.0. The third-order valence-electron chi connectivity index (χ3n) is 4.02. The molecule has 1 aromatic heterocycles. The van der Waals surface area contributed by atoms with Crippen molar-refractivity contribution in [3.8, 4) is 0 Å². The number of aromatic nitrogens is 1. The van der Waals surface area contributed by atoms with Crippen LogP contribution in [-0.4, -0.2) is 22.3 Å². The topological polar surface area (TPSA) is 53.2 Å². The van der Waals surface area contributed by atoms with E-state index >= 15 is 0 Å². The van der Waals surface area contributed by atoms with Gasteiger partial charge < -0.3 is 9.88 Å². The highest BCUT2D eigenvalue weighted by Gasteiger charge is 2.31. The highest BCUT2D eigenvalue weighted by atomic mass is 16.2. The van der Waals surface area contributed by atoms with Crippen LogP contribution in [0.4, 0.5) is 0 Å². The average molecular weight is 282 g/mol. The molecule has 4 nitrogen and oxygen atoms in total. The first-order valence-electron chi connectivity index (χ1n) is 7.22. The molecule has 0 bridgehead atoms. The molecular formula is C17H18N2O2. The summed E-state index contributed by atoms with van der Waals surface area (Å²) in [5, 5.41) is 0. The van der Waals surface area contributed by atoms with E-state index in [0.717, 1.165) is 18.4 Å². The first-order valence-corrected chi connectivity index (χ1v) is 7.22. The second kappa shape index (κ2) is 5.56. The molecule has 2 aromatic rings. The summed E-state index contributed by atoms with van der Waals surface area (Å²) < 4.78 is 0. The number of carbonyl (C=O) groups excluding carboxylic acids is 1. The standard InChI is InChI=1S/C17H18N2O2/c1-12-6-8-13(9-7-12)15-5-3-11-19(15)17(21)14-4-2-10-18-16(14)20/h2,4,6-10,15H,3,5,11H2,1H3,(H,18,20). The van der Waals surface area contributed by atoms with Gasteiger partial charge in [0.15, 0.2) is 0 Å². The summed E-state index contributed by atoms with van der Waals surface area (Å²) in [6.45, 7) is 2.75. The Bertz CT molecular complexity index is 703. The molecule has 1 aliphatic heterocycles. The molecule has 0 saturated carbocycles. The number of nitrogens with one attached hydrogen (secondary N) is 1. The number of aryl methyl sites for hydroxylation is 1. The van der Waals surface area contributed by atoms with E-state index in [1.165, 1.54) is 5.56 Å². The Hall–Kier alpha value is -2.36. The summed E-state index contributed by atoms with van der Waals surface area (Å²) in [7, 11) is 0. The van der Waals surface area contributed by atoms with Crippen molar-refractivity contribution >= 4 is 5.91 Å². The van der Waals surface area contributed by atoms with Crippen molar-refractivity contribution in [1.82, 2.24) is 9.88 Å². The van der Waals surface area contributed by atoms with Gasteiger partial charge in [-0.05, 0) is 37.5 Å². The Morgan fingerprint density at radius 2 is 2.00 bits per heavy atom. The predicted molar refractivity (Wildman–Crippen MR) is 81.3 cm³/mol. The molecule has 0 radical (unpaired) electrons. The monoisotopic (exact) mass is 282 g/mol. The highest BCUT2D eigenvalue weighted by molar-refractivity contribution is 5.94. The van der Waals surface area contributed by atoms with E-state index in [-0.39, 0.29) is 23.1 Å². The molecule has 0 aliphatic carbocycles. The van der Waals surface area contributed by atoms with E-state index < -0.39 is 0 Å². The fourth-order valence-electron chi connectivity index (χ4n) is 2.89. The lowest BCUT2D eigenvalue weighted by atomic mass is 10.0. The maximum Gasteiger partial charge on any atom is 0.260 e. The maximum absolute atomic E-state index is 12.6. The minimum Gasteiger partial charge on any atom is -0.331 e. The van der Waals surface area contributed by atoms with Crippen molar-refractivity contribution in [2.24, 2.45) is 0 Å². The second-order valence-electron chi connectivity index (χ2n) is 5.48. The molecule has 2 heterocycles. The summed E-state index contributed by atoms with van der Waals surface area (Å²) in [5.41, 5.74) is 2.24. The molecule has 1 unspecified atom stereocenters. The van der Waals surface area contributed by atoms with Crippen LogP contribution in [0.1, 0.15) is 40.4 Å². The smallest absolute Gasteiger partial charge is 0.260 e. The molecule has 1 aliphatic rings. The van der Waals surface area contributed by atoms with E-state index in [4.69, 9.17) is 0 Å². The number of nitrogens with zero attached hydrogens (tertiary/aromatic N) is 1. The number of rotatable bonds is 2. The zero-order valence-corrected chi connectivity index (χ0v) is 12.0. The van der Waals surface area contributed by atoms with Gasteiger partial charge >= 0.3 is 0 Å². The maximum atomic E-state index is 12.6. The number of hydrogen-bond acceptors (Lipinski definition) is 2. The predicted octanol–water partition coefficient (Wildman–Crippen LogP) is 2.66. The Labute approximate surface area is 123 Å². The number of benzene rings is 1. The number of aromatic amines is 1. The summed E-state index contributed by atoms with van der Waals surface area (Å²) in [6, 6.07) is 11.6. The van der Waals surface area contributed by atoms with Crippen LogP contribution in [0, 0.1) is 6.92 Å². The second-order valence-corrected chi connectivity index (χ2v) is 5.48. The van der Waals surface area contributed by atoms with Crippen LogP contribution in [0.5, 0.6) is 0 Å². The summed E-state index contributed by atoms with van der Waals surface area (Å²) in [5.74, 6) is -0.181. The van der Waals surface area contributed by atoms with E-state index in [9.17, 15) is 9.59 Å². The Morgan fingerprint density at radius 3 is 2.71 bits per heavy atom. The van der Waals surface area contributed by atoms with E-state index in [1.54, 1.807) is 18.3 Å².